The summed E-state index contributed by atoms with van der Waals surface area (Å²) in [5.41, 5.74) is 1.83. The van der Waals surface area contributed by atoms with E-state index in [2.05, 4.69) is 4.72 Å². The molecule has 8 heteroatoms. The summed E-state index contributed by atoms with van der Waals surface area (Å²) in [6.45, 7) is 3.51. The number of benzene rings is 3. The predicted octanol–water partition coefficient (Wildman–Crippen LogP) is 4.59. The van der Waals surface area contributed by atoms with Gasteiger partial charge in [0.15, 0.2) is 0 Å². The van der Waals surface area contributed by atoms with E-state index in [1.165, 1.54) is 42.5 Å². The molecule has 3 aromatic carbocycles. The van der Waals surface area contributed by atoms with Crippen LogP contribution in [-0.4, -0.2) is 16.8 Å². The van der Waals surface area contributed by atoms with Crippen molar-refractivity contribution in [3.63, 3.8) is 0 Å². The van der Waals surface area contributed by atoms with Crippen LogP contribution in [-0.2, 0) is 19.9 Å². The van der Waals surface area contributed by atoms with Crippen LogP contribution in [0.4, 0.5) is 5.69 Å². The zero-order valence-electron chi connectivity index (χ0n) is 15.2. The van der Waals surface area contributed by atoms with Crippen molar-refractivity contribution in [3.05, 3.63) is 82.9 Å². The summed E-state index contributed by atoms with van der Waals surface area (Å²) < 4.78 is 53.9. The van der Waals surface area contributed by atoms with Crippen LogP contribution in [0.15, 0.2) is 81.4 Å². The zero-order valence-corrected chi connectivity index (χ0v) is 17.6. The fourth-order valence-electron chi connectivity index (χ4n) is 2.62. The van der Waals surface area contributed by atoms with Crippen molar-refractivity contribution in [2.45, 2.75) is 28.5 Å². The van der Waals surface area contributed by atoms with Crippen LogP contribution in [0.25, 0.3) is 0 Å². The maximum Gasteiger partial charge on any atom is 0.262 e. The van der Waals surface area contributed by atoms with E-state index in [-0.39, 0.29) is 14.7 Å². The molecule has 0 aliphatic carbocycles. The van der Waals surface area contributed by atoms with E-state index in [0.717, 1.165) is 5.56 Å². The summed E-state index contributed by atoms with van der Waals surface area (Å²) >= 11 is 5.82. The van der Waals surface area contributed by atoms with Gasteiger partial charge >= 0.3 is 0 Å². The molecule has 0 amide bonds. The SMILES string of the molecule is Cc1ccc(NS(=O)(=O)c2cc(S(=O)(=O)c3ccc(Cl)cc3)ccc2C)cc1. The molecular weight excluding hydrogens is 418 g/mol. The summed E-state index contributed by atoms with van der Waals surface area (Å²) in [6, 6.07) is 16.6. The van der Waals surface area contributed by atoms with Gasteiger partial charge in [-0.1, -0.05) is 35.4 Å². The maximum absolute atomic E-state index is 12.9. The van der Waals surface area contributed by atoms with Crippen LogP contribution in [0.2, 0.25) is 5.02 Å². The third-order valence-corrected chi connectivity index (χ3v) is 7.73. The maximum atomic E-state index is 12.9. The van der Waals surface area contributed by atoms with Crippen LogP contribution in [0.1, 0.15) is 11.1 Å². The van der Waals surface area contributed by atoms with E-state index < -0.39 is 19.9 Å². The standard InChI is InChI=1S/C20H18ClNO4S2/c1-14-3-8-17(9-4-14)22-28(25,26)20-13-19(10-5-15(20)2)27(23,24)18-11-6-16(21)7-12-18/h3-13,22H,1-2H3. The van der Waals surface area contributed by atoms with E-state index in [0.29, 0.717) is 16.3 Å². The highest BCUT2D eigenvalue weighted by molar-refractivity contribution is 7.93. The largest absolute Gasteiger partial charge is 0.280 e. The summed E-state index contributed by atoms with van der Waals surface area (Å²) in [4.78, 5) is -0.164. The predicted molar refractivity (Wildman–Crippen MR) is 110 cm³/mol. The van der Waals surface area contributed by atoms with Crippen molar-refractivity contribution in [2.24, 2.45) is 0 Å². The molecule has 3 aromatic rings. The minimum atomic E-state index is -3.96. The Bertz CT molecular complexity index is 1220. The number of hydrogen-bond acceptors (Lipinski definition) is 4. The molecule has 0 fully saturated rings. The Morgan fingerprint density at radius 2 is 1.32 bits per heavy atom. The number of rotatable bonds is 5. The number of sulfonamides is 1. The molecule has 0 heterocycles. The Morgan fingerprint density at radius 3 is 1.93 bits per heavy atom. The second kappa shape index (κ2) is 7.58. The number of halogens is 1. The molecule has 0 aliphatic heterocycles. The second-order valence-electron chi connectivity index (χ2n) is 6.36. The highest BCUT2D eigenvalue weighted by Gasteiger charge is 2.23. The second-order valence-corrected chi connectivity index (χ2v) is 10.4. The van der Waals surface area contributed by atoms with E-state index in [1.807, 2.05) is 6.92 Å². The van der Waals surface area contributed by atoms with Gasteiger partial charge in [0.1, 0.15) is 0 Å². The van der Waals surface area contributed by atoms with Crippen LogP contribution >= 0.6 is 11.6 Å². The Morgan fingerprint density at radius 1 is 0.750 bits per heavy atom. The number of aryl methyl sites for hydroxylation is 2. The lowest BCUT2D eigenvalue weighted by atomic mass is 10.2. The van der Waals surface area contributed by atoms with Gasteiger partial charge < -0.3 is 0 Å². The van der Waals surface area contributed by atoms with Gasteiger partial charge in [-0.2, -0.15) is 0 Å². The van der Waals surface area contributed by atoms with Gasteiger partial charge in [-0.25, -0.2) is 16.8 Å². The third-order valence-electron chi connectivity index (χ3n) is 4.19. The molecule has 0 saturated heterocycles. The number of nitrogens with one attached hydrogen (secondary N) is 1. The molecule has 0 spiro atoms. The minimum Gasteiger partial charge on any atom is -0.280 e. The summed E-state index contributed by atoms with van der Waals surface area (Å²) in [7, 11) is -7.85. The van der Waals surface area contributed by atoms with Crippen LogP contribution in [0.3, 0.4) is 0 Å². The van der Waals surface area contributed by atoms with E-state index in [4.69, 9.17) is 11.6 Å². The average molecular weight is 436 g/mol. The van der Waals surface area contributed by atoms with Crippen molar-refractivity contribution in [3.8, 4) is 0 Å². The van der Waals surface area contributed by atoms with Gasteiger partial charge in [0.2, 0.25) is 9.84 Å². The van der Waals surface area contributed by atoms with Gasteiger partial charge in [0, 0.05) is 10.7 Å². The van der Waals surface area contributed by atoms with Gasteiger partial charge in [-0.15, -0.1) is 0 Å². The molecule has 5 nitrogen and oxygen atoms in total. The topological polar surface area (TPSA) is 80.3 Å². The molecule has 0 bridgehead atoms. The molecule has 0 unspecified atom stereocenters. The molecule has 0 radical (unpaired) electrons. The van der Waals surface area contributed by atoms with Gasteiger partial charge in [-0.3, -0.25) is 4.72 Å². The molecule has 0 atom stereocenters. The fourth-order valence-corrected chi connectivity index (χ4v) is 5.44. The Labute approximate surface area is 170 Å². The van der Waals surface area contributed by atoms with Crippen molar-refractivity contribution in [2.75, 3.05) is 4.72 Å². The van der Waals surface area contributed by atoms with Crippen molar-refractivity contribution >= 4 is 37.1 Å². The summed E-state index contributed by atoms with van der Waals surface area (Å²) in [5, 5.41) is 0.411. The van der Waals surface area contributed by atoms with E-state index in [9.17, 15) is 16.8 Å². The third kappa shape index (κ3) is 4.22. The first kappa shape index (κ1) is 20.4. The first-order valence-corrected chi connectivity index (χ1v) is 11.6. The van der Waals surface area contributed by atoms with Crippen molar-refractivity contribution in [1.29, 1.82) is 0 Å². The van der Waals surface area contributed by atoms with E-state index in [1.54, 1.807) is 31.2 Å². The smallest absolute Gasteiger partial charge is 0.262 e. The molecule has 0 saturated carbocycles. The Hall–Kier alpha value is -2.35. The number of sulfone groups is 1. The normalized spacial score (nSPS) is 12.0. The van der Waals surface area contributed by atoms with E-state index >= 15 is 0 Å². The lowest BCUT2D eigenvalue weighted by Gasteiger charge is -2.13. The highest BCUT2D eigenvalue weighted by Crippen LogP contribution is 2.27. The molecule has 0 aliphatic rings. The minimum absolute atomic E-state index is 0.0376. The fraction of sp³-hybridized carbons (Fsp3) is 0.100. The first-order valence-electron chi connectivity index (χ1n) is 8.30. The summed E-state index contributed by atoms with van der Waals surface area (Å²) in [5.74, 6) is 0. The Kier molecular flexibility index (Phi) is 5.52. The lowest BCUT2D eigenvalue weighted by Crippen LogP contribution is -2.15. The molecule has 146 valence electrons. The molecular formula is C20H18ClNO4S2. The quantitative estimate of drug-likeness (QED) is 0.635. The number of anilines is 1. The Balaban J connectivity index is 2.03. The highest BCUT2D eigenvalue weighted by atomic mass is 35.5. The number of hydrogen-bond donors (Lipinski definition) is 1. The van der Waals surface area contributed by atoms with Gasteiger partial charge in [0.05, 0.1) is 14.7 Å². The van der Waals surface area contributed by atoms with Gasteiger partial charge in [-0.05, 0) is 67.9 Å². The molecule has 3 rings (SSSR count). The summed E-state index contributed by atoms with van der Waals surface area (Å²) in [6.07, 6.45) is 0. The average Bonchev–Trinajstić information content (AvgIpc) is 2.64. The van der Waals surface area contributed by atoms with Crippen LogP contribution < -0.4 is 4.72 Å². The molecule has 0 aromatic heterocycles. The monoisotopic (exact) mass is 435 g/mol. The zero-order chi connectivity index (χ0) is 20.5. The van der Waals surface area contributed by atoms with Crippen LogP contribution in [0.5, 0.6) is 0 Å². The van der Waals surface area contributed by atoms with Crippen molar-refractivity contribution < 1.29 is 16.8 Å². The van der Waals surface area contributed by atoms with Gasteiger partial charge in [0.25, 0.3) is 10.0 Å². The van der Waals surface area contributed by atoms with Crippen LogP contribution in [0, 0.1) is 13.8 Å². The van der Waals surface area contributed by atoms with Crippen molar-refractivity contribution in [1.82, 2.24) is 0 Å². The lowest BCUT2D eigenvalue weighted by molar-refractivity contribution is 0.595. The molecule has 1 N–H and O–H groups in total. The molecule has 28 heavy (non-hydrogen) atoms. The first-order chi connectivity index (χ1) is 13.1.